The normalized spacial score (nSPS) is 15.0. The smallest absolute Gasteiger partial charge is 0.223 e. The van der Waals surface area contributed by atoms with E-state index in [2.05, 4.69) is 15.6 Å². The van der Waals surface area contributed by atoms with E-state index in [0.717, 1.165) is 18.7 Å². The lowest BCUT2D eigenvalue weighted by Gasteiger charge is -2.31. The molecule has 1 aliphatic rings. The molecular weight excluding hydrogens is 330 g/mol. The van der Waals surface area contributed by atoms with Crippen LogP contribution in [0.2, 0.25) is 0 Å². The standard InChI is InChI=1S/C20H25N3O3/c1-3-25-17-6-4-5-7-18(17)26-19-9-8-15(10-22-19)11-23-20(24)14(2)16-12-21-13-16/h4-10,14,16,21H,3,11-13H2,1-2H3,(H,23,24). The Morgan fingerprint density at radius 1 is 1.27 bits per heavy atom. The highest BCUT2D eigenvalue weighted by atomic mass is 16.5. The number of benzene rings is 1. The maximum absolute atomic E-state index is 12.2. The molecular formula is C20H25N3O3. The predicted octanol–water partition coefficient (Wildman–Crippen LogP) is 2.74. The highest BCUT2D eigenvalue weighted by Gasteiger charge is 2.28. The predicted molar refractivity (Wildman–Crippen MR) is 99.3 cm³/mol. The molecule has 1 unspecified atom stereocenters. The summed E-state index contributed by atoms with van der Waals surface area (Å²) in [7, 11) is 0. The van der Waals surface area contributed by atoms with Crippen LogP contribution in [0.3, 0.4) is 0 Å². The van der Waals surface area contributed by atoms with Gasteiger partial charge in [0.1, 0.15) is 0 Å². The van der Waals surface area contributed by atoms with Crippen LogP contribution >= 0.6 is 0 Å². The second kappa shape index (κ2) is 8.67. The second-order valence-corrected chi connectivity index (χ2v) is 6.41. The first-order valence-electron chi connectivity index (χ1n) is 9.00. The molecule has 1 fully saturated rings. The summed E-state index contributed by atoms with van der Waals surface area (Å²) in [5.41, 5.74) is 0.933. The molecule has 0 aliphatic carbocycles. The number of nitrogens with one attached hydrogen (secondary N) is 2. The number of carbonyl (C=O) groups is 1. The van der Waals surface area contributed by atoms with E-state index < -0.39 is 0 Å². The Balaban J connectivity index is 1.54. The molecule has 2 aromatic rings. The molecule has 2 N–H and O–H groups in total. The molecule has 138 valence electrons. The van der Waals surface area contributed by atoms with E-state index in [1.807, 2.05) is 44.2 Å². The van der Waals surface area contributed by atoms with Gasteiger partial charge in [0.2, 0.25) is 11.8 Å². The average Bonchev–Trinajstić information content (AvgIpc) is 2.61. The molecule has 3 rings (SSSR count). The van der Waals surface area contributed by atoms with Crippen LogP contribution < -0.4 is 20.1 Å². The summed E-state index contributed by atoms with van der Waals surface area (Å²) < 4.78 is 11.4. The molecule has 1 amide bonds. The second-order valence-electron chi connectivity index (χ2n) is 6.41. The lowest BCUT2D eigenvalue weighted by Crippen LogP contribution is -2.49. The van der Waals surface area contributed by atoms with Gasteiger partial charge in [-0.05, 0) is 43.6 Å². The zero-order valence-corrected chi connectivity index (χ0v) is 15.2. The third-order valence-electron chi connectivity index (χ3n) is 4.56. The van der Waals surface area contributed by atoms with Crippen molar-refractivity contribution in [1.29, 1.82) is 0 Å². The summed E-state index contributed by atoms with van der Waals surface area (Å²) in [5.74, 6) is 2.36. The van der Waals surface area contributed by atoms with Crippen molar-refractivity contribution in [3.63, 3.8) is 0 Å². The van der Waals surface area contributed by atoms with Crippen molar-refractivity contribution in [2.75, 3.05) is 19.7 Å². The summed E-state index contributed by atoms with van der Waals surface area (Å²) in [5, 5.41) is 6.17. The Kier molecular flexibility index (Phi) is 6.07. The quantitative estimate of drug-likeness (QED) is 0.762. The summed E-state index contributed by atoms with van der Waals surface area (Å²) >= 11 is 0. The van der Waals surface area contributed by atoms with Crippen LogP contribution in [0.4, 0.5) is 0 Å². The number of para-hydroxylation sites is 2. The number of hydrogen-bond donors (Lipinski definition) is 2. The van der Waals surface area contributed by atoms with Gasteiger partial charge < -0.3 is 20.1 Å². The lowest BCUT2D eigenvalue weighted by molar-refractivity contribution is -0.126. The molecule has 0 radical (unpaired) electrons. The van der Waals surface area contributed by atoms with Gasteiger partial charge in [0.25, 0.3) is 0 Å². The monoisotopic (exact) mass is 355 g/mol. The van der Waals surface area contributed by atoms with Crippen LogP contribution in [0, 0.1) is 11.8 Å². The first kappa shape index (κ1) is 18.2. The fraction of sp³-hybridized carbons (Fsp3) is 0.400. The maximum atomic E-state index is 12.2. The number of amides is 1. The van der Waals surface area contributed by atoms with Gasteiger partial charge in [0.15, 0.2) is 11.5 Å². The van der Waals surface area contributed by atoms with Crippen molar-refractivity contribution in [2.24, 2.45) is 11.8 Å². The van der Waals surface area contributed by atoms with Gasteiger partial charge in [0, 0.05) is 24.7 Å². The van der Waals surface area contributed by atoms with Crippen LogP contribution in [0.15, 0.2) is 42.6 Å². The van der Waals surface area contributed by atoms with Crippen LogP contribution in [-0.2, 0) is 11.3 Å². The van der Waals surface area contributed by atoms with Crippen molar-refractivity contribution < 1.29 is 14.3 Å². The van der Waals surface area contributed by atoms with E-state index in [4.69, 9.17) is 9.47 Å². The lowest BCUT2D eigenvalue weighted by atomic mass is 9.88. The summed E-state index contributed by atoms with van der Waals surface area (Å²) in [4.78, 5) is 16.5. The van der Waals surface area contributed by atoms with E-state index in [-0.39, 0.29) is 11.8 Å². The summed E-state index contributed by atoms with van der Waals surface area (Å²) in [6.45, 7) is 6.79. The minimum absolute atomic E-state index is 0.0295. The van der Waals surface area contributed by atoms with Gasteiger partial charge in [-0.3, -0.25) is 4.79 Å². The number of rotatable bonds is 8. The minimum Gasteiger partial charge on any atom is -0.490 e. The van der Waals surface area contributed by atoms with Gasteiger partial charge in [-0.2, -0.15) is 0 Å². The topological polar surface area (TPSA) is 72.5 Å². The first-order valence-corrected chi connectivity index (χ1v) is 9.00. The van der Waals surface area contributed by atoms with Gasteiger partial charge in [0.05, 0.1) is 6.61 Å². The molecule has 1 aromatic carbocycles. The number of ether oxygens (including phenoxy) is 2. The molecule has 0 bridgehead atoms. The van der Waals surface area contributed by atoms with Gasteiger partial charge in [-0.15, -0.1) is 0 Å². The number of nitrogens with zero attached hydrogens (tertiary/aromatic N) is 1. The Morgan fingerprint density at radius 2 is 2.04 bits per heavy atom. The van der Waals surface area contributed by atoms with Gasteiger partial charge in [-0.25, -0.2) is 4.98 Å². The number of pyridine rings is 1. The van der Waals surface area contributed by atoms with E-state index in [1.165, 1.54) is 0 Å². The molecule has 1 aromatic heterocycles. The average molecular weight is 355 g/mol. The molecule has 0 saturated carbocycles. The zero-order chi connectivity index (χ0) is 18.4. The third-order valence-corrected chi connectivity index (χ3v) is 4.56. The summed E-state index contributed by atoms with van der Waals surface area (Å²) in [6, 6.07) is 11.2. The van der Waals surface area contributed by atoms with E-state index >= 15 is 0 Å². The molecule has 1 saturated heterocycles. The van der Waals surface area contributed by atoms with Crippen molar-refractivity contribution >= 4 is 5.91 Å². The molecule has 2 heterocycles. The van der Waals surface area contributed by atoms with Crippen LogP contribution in [0.5, 0.6) is 17.4 Å². The molecule has 0 spiro atoms. The Labute approximate surface area is 153 Å². The Morgan fingerprint density at radius 3 is 2.65 bits per heavy atom. The Hall–Kier alpha value is -2.60. The van der Waals surface area contributed by atoms with Gasteiger partial charge in [-0.1, -0.05) is 25.1 Å². The van der Waals surface area contributed by atoms with Crippen molar-refractivity contribution in [2.45, 2.75) is 20.4 Å². The van der Waals surface area contributed by atoms with E-state index in [9.17, 15) is 4.79 Å². The highest BCUT2D eigenvalue weighted by Crippen LogP contribution is 2.30. The van der Waals surface area contributed by atoms with Crippen LogP contribution in [0.1, 0.15) is 19.4 Å². The molecule has 6 heteroatoms. The largest absolute Gasteiger partial charge is 0.490 e. The van der Waals surface area contributed by atoms with Gasteiger partial charge >= 0.3 is 0 Å². The van der Waals surface area contributed by atoms with Crippen molar-refractivity contribution in [1.82, 2.24) is 15.6 Å². The minimum atomic E-state index is 0.0295. The molecule has 1 atom stereocenters. The van der Waals surface area contributed by atoms with Crippen LogP contribution in [0.25, 0.3) is 0 Å². The van der Waals surface area contributed by atoms with E-state index in [0.29, 0.717) is 36.4 Å². The third kappa shape index (κ3) is 4.52. The highest BCUT2D eigenvalue weighted by molar-refractivity contribution is 5.78. The van der Waals surface area contributed by atoms with Crippen molar-refractivity contribution in [3.8, 4) is 17.4 Å². The molecule has 1 aliphatic heterocycles. The number of carbonyl (C=O) groups excluding carboxylic acids is 1. The SMILES string of the molecule is CCOc1ccccc1Oc1ccc(CNC(=O)C(C)C2CNC2)cn1. The fourth-order valence-electron chi connectivity index (χ4n) is 2.73. The number of hydrogen-bond acceptors (Lipinski definition) is 5. The Bertz CT molecular complexity index is 729. The molecule has 6 nitrogen and oxygen atoms in total. The van der Waals surface area contributed by atoms with E-state index in [1.54, 1.807) is 12.3 Å². The number of aromatic nitrogens is 1. The van der Waals surface area contributed by atoms with Crippen molar-refractivity contribution in [3.05, 3.63) is 48.2 Å². The maximum Gasteiger partial charge on any atom is 0.223 e. The zero-order valence-electron chi connectivity index (χ0n) is 15.2. The first-order chi connectivity index (χ1) is 12.7. The fourth-order valence-corrected chi connectivity index (χ4v) is 2.73. The van der Waals surface area contributed by atoms with Crippen LogP contribution in [-0.4, -0.2) is 30.6 Å². The molecule has 26 heavy (non-hydrogen) atoms. The summed E-state index contributed by atoms with van der Waals surface area (Å²) in [6.07, 6.45) is 1.72.